The van der Waals surface area contributed by atoms with Gasteiger partial charge in [0.25, 0.3) is 0 Å². The first-order valence-corrected chi connectivity index (χ1v) is 5.33. The lowest BCUT2D eigenvalue weighted by molar-refractivity contribution is -0.136. The number of aliphatic hydroxyl groups excluding tert-OH is 1. The fourth-order valence-electron chi connectivity index (χ4n) is 0.910. The maximum Gasteiger partial charge on any atom is 0.215 e. The van der Waals surface area contributed by atoms with Gasteiger partial charge in [-0.05, 0) is 12.8 Å². The smallest absolute Gasteiger partial charge is 0.215 e. The van der Waals surface area contributed by atoms with E-state index in [1.165, 1.54) is 0 Å². The molecule has 3 heteroatoms. The summed E-state index contributed by atoms with van der Waals surface area (Å²) in [6, 6.07) is 0. The van der Waals surface area contributed by atoms with E-state index in [1.54, 1.807) is 0 Å². The highest BCUT2D eigenvalue weighted by Gasteiger charge is 2.11. The molecule has 0 saturated carbocycles. The summed E-state index contributed by atoms with van der Waals surface area (Å²) in [6.45, 7) is 8.80. The molecule has 0 aliphatic carbocycles. The van der Waals surface area contributed by atoms with Crippen molar-refractivity contribution >= 4 is 0 Å². The molecule has 0 spiro atoms. The Morgan fingerprint density at radius 3 is 1.86 bits per heavy atom. The van der Waals surface area contributed by atoms with Gasteiger partial charge in [-0.15, -0.1) is 0 Å². The van der Waals surface area contributed by atoms with E-state index in [9.17, 15) is 0 Å². The Morgan fingerprint density at radius 2 is 1.57 bits per heavy atom. The predicted octanol–water partition coefficient (Wildman–Crippen LogP) is 3.02. The molecule has 0 saturated heterocycles. The van der Waals surface area contributed by atoms with Gasteiger partial charge in [0.1, 0.15) is 5.76 Å². The van der Waals surface area contributed by atoms with Gasteiger partial charge in [-0.3, -0.25) is 0 Å². The van der Waals surface area contributed by atoms with Crippen LogP contribution in [0.15, 0.2) is 12.3 Å². The van der Waals surface area contributed by atoms with Crippen molar-refractivity contribution < 1.29 is 14.6 Å². The summed E-state index contributed by atoms with van der Waals surface area (Å²) in [6.07, 6.45) is 3.44. The van der Waals surface area contributed by atoms with Crippen LogP contribution >= 0.6 is 0 Å². The fraction of sp³-hybridized carbons (Fsp3) is 0.818. The first kappa shape index (κ1) is 13.5. The summed E-state index contributed by atoms with van der Waals surface area (Å²) in [5.74, 6) is -0.0443. The molecule has 1 N–H and O–H groups in total. The molecular formula is C11H22O3. The Hall–Kier alpha value is -0.540. The minimum Gasteiger partial charge on any atom is -0.508 e. The van der Waals surface area contributed by atoms with E-state index < -0.39 is 6.29 Å². The summed E-state index contributed by atoms with van der Waals surface area (Å²) in [4.78, 5) is 0. The lowest BCUT2D eigenvalue weighted by atomic mass is 10.3. The van der Waals surface area contributed by atoms with Gasteiger partial charge in [0.05, 0.1) is 13.2 Å². The standard InChI is InChI=1S/C11H22O3/c1-4-6-8-13-11(10(3)12)14-9-7-5-2/h11-12H,3-9H2,1-2H3. The zero-order valence-electron chi connectivity index (χ0n) is 9.29. The quantitative estimate of drug-likeness (QED) is 0.355. The second kappa shape index (κ2) is 9.03. The van der Waals surface area contributed by atoms with Gasteiger partial charge >= 0.3 is 0 Å². The van der Waals surface area contributed by atoms with Gasteiger partial charge in [-0.25, -0.2) is 0 Å². The zero-order chi connectivity index (χ0) is 10.8. The van der Waals surface area contributed by atoms with Crippen LogP contribution < -0.4 is 0 Å². The van der Waals surface area contributed by atoms with Gasteiger partial charge in [-0.1, -0.05) is 33.3 Å². The van der Waals surface area contributed by atoms with Gasteiger partial charge in [0.2, 0.25) is 6.29 Å². The lowest BCUT2D eigenvalue weighted by Gasteiger charge is -2.16. The Labute approximate surface area is 86.7 Å². The fourth-order valence-corrected chi connectivity index (χ4v) is 0.910. The largest absolute Gasteiger partial charge is 0.508 e. The maximum absolute atomic E-state index is 9.17. The molecule has 0 rings (SSSR count). The van der Waals surface area contributed by atoms with Crippen molar-refractivity contribution in [2.45, 2.75) is 45.8 Å². The summed E-state index contributed by atoms with van der Waals surface area (Å²) in [5.41, 5.74) is 0. The molecule has 0 aromatic carbocycles. The topological polar surface area (TPSA) is 38.7 Å². The highest BCUT2D eigenvalue weighted by molar-refractivity contribution is 4.83. The Balaban J connectivity index is 3.61. The SMILES string of the molecule is C=C(O)C(OCCCC)OCCCC. The van der Waals surface area contributed by atoms with Crippen LogP contribution in [0.2, 0.25) is 0 Å². The number of rotatable bonds is 9. The van der Waals surface area contributed by atoms with Gasteiger partial charge in [0.15, 0.2) is 0 Å². The van der Waals surface area contributed by atoms with Crippen molar-refractivity contribution in [1.82, 2.24) is 0 Å². The Bertz CT molecular complexity index is 135. The van der Waals surface area contributed by atoms with Crippen LogP contribution in [0.3, 0.4) is 0 Å². The minimum absolute atomic E-state index is 0.0443. The van der Waals surface area contributed by atoms with E-state index in [4.69, 9.17) is 14.6 Å². The average molecular weight is 202 g/mol. The maximum atomic E-state index is 9.17. The normalized spacial score (nSPS) is 10.8. The van der Waals surface area contributed by atoms with Crippen molar-refractivity contribution in [3.05, 3.63) is 12.3 Å². The van der Waals surface area contributed by atoms with Crippen molar-refractivity contribution in [1.29, 1.82) is 0 Å². The molecule has 0 amide bonds. The molecule has 0 radical (unpaired) electrons. The third-order valence-corrected chi connectivity index (χ3v) is 1.81. The van der Waals surface area contributed by atoms with Gasteiger partial charge < -0.3 is 14.6 Å². The molecule has 14 heavy (non-hydrogen) atoms. The molecule has 0 fully saturated rings. The monoisotopic (exact) mass is 202 g/mol. The number of unbranched alkanes of at least 4 members (excludes halogenated alkanes) is 2. The van der Waals surface area contributed by atoms with E-state index >= 15 is 0 Å². The van der Waals surface area contributed by atoms with E-state index in [1.807, 2.05) is 0 Å². The summed E-state index contributed by atoms with van der Waals surface area (Å²) in [5, 5.41) is 9.17. The van der Waals surface area contributed by atoms with E-state index in [0.717, 1.165) is 25.7 Å². The van der Waals surface area contributed by atoms with Crippen molar-refractivity contribution in [2.24, 2.45) is 0 Å². The number of aliphatic hydroxyl groups is 1. The van der Waals surface area contributed by atoms with Crippen LogP contribution in [0.25, 0.3) is 0 Å². The number of hydrogen-bond acceptors (Lipinski definition) is 3. The molecular weight excluding hydrogens is 180 g/mol. The molecule has 84 valence electrons. The molecule has 0 aliphatic rings. The highest BCUT2D eigenvalue weighted by Crippen LogP contribution is 2.06. The summed E-state index contributed by atoms with van der Waals surface area (Å²) in [7, 11) is 0. The minimum atomic E-state index is -0.645. The van der Waals surface area contributed by atoms with E-state index in [0.29, 0.717) is 13.2 Å². The second-order valence-electron chi connectivity index (χ2n) is 3.27. The molecule has 0 aromatic rings. The highest BCUT2D eigenvalue weighted by atomic mass is 16.7. The van der Waals surface area contributed by atoms with Gasteiger partial charge in [-0.2, -0.15) is 0 Å². The Kier molecular flexibility index (Phi) is 8.68. The Morgan fingerprint density at radius 1 is 1.14 bits per heavy atom. The second-order valence-corrected chi connectivity index (χ2v) is 3.27. The van der Waals surface area contributed by atoms with Crippen LogP contribution in [0, 0.1) is 0 Å². The van der Waals surface area contributed by atoms with Crippen LogP contribution in [0.5, 0.6) is 0 Å². The zero-order valence-corrected chi connectivity index (χ0v) is 9.29. The molecule has 0 atom stereocenters. The van der Waals surface area contributed by atoms with Crippen molar-refractivity contribution in [3.8, 4) is 0 Å². The van der Waals surface area contributed by atoms with Crippen LogP contribution in [-0.2, 0) is 9.47 Å². The van der Waals surface area contributed by atoms with Crippen LogP contribution in [0.1, 0.15) is 39.5 Å². The third kappa shape index (κ3) is 6.92. The molecule has 3 nitrogen and oxygen atoms in total. The molecule has 0 aromatic heterocycles. The van der Waals surface area contributed by atoms with E-state index in [2.05, 4.69) is 20.4 Å². The molecule has 0 bridgehead atoms. The molecule has 0 heterocycles. The number of hydrogen-bond donors (Lipinski definition) is 1. The third-order valence-electron chi connectivity index (χ3n) is 1.81. The first-order valence-electron chi connectivity index (χ1n) is 5.33. The number of ether oxygens (including phenoxy) is 2. The first-order chi connectivity index (χ1) is 6.72. The predicted molar refractivity (Wildman–Crippen MR) is 57.3 cm³/mol. The van der Waals surface area contributed by atoms with Crippen molar-refractivity contribution in [2.75, 3.05) is 13.2 Å². The lowest BCUT2D eigenvalue weighted by Crippen LogP contribution is -2.20. The summed E-state index contributed by atoms with van der Waals surface area (Å²) >= 11 is 0. The molecule has 0 aliphatic heterocycles. The summed E-state index contributed by atoms with van der Waals surface area (Å²) < 4.78 is 10.6. The average Bonchev–Trinajstić information content (AvgIpc) is 2.15. The molecule has 0 unspecified atom stereocenters. The van der Waals surface area contributed by atoms with Crippen LogP contribution in [0.4, 0.5) is 0 Å². The van der Waals surface area contributed by atoms with Crippen molar-refractivity contribution in [3.63, 3.8) is 0 Å². The van der Waals surface area contributed by atoms with E-state index in [-0.39, 0.29) is 5.76 Å². The van der Waals surface area contributed by atoms with Gasteiger partial charge in [0, 0.05) is 0 Å². The van der Waals surface area contributed by atoms with Crippen LogP contribution in [-0.4, -0.2) is 24.6 Å².